The molecule has 1 aliphatic rings. The molecule has 1 aromatic heterocycles. The van der Waals surface area contributed by atoms with Crippen molar-refractivity contribution in [2.24, 2.45) is 0 Å². The highest BCUT2D eigenvalue weighted by Crippen LogP contribution is 2.48. The summed E-state index contributed by atoms with van der Waals surface area (Å²) in [5.41, 5.74) is 11.1. The minimum absolute atomic E-state index is 0.0655. The molecule has 0 atom stereocenters. The molecule has 0 unspecified atom stereocenters. The molecular weight excluding hydrogens is 462 g/mol. The molecule has 0 amide bonds. The first-order chi connectivity index (χ1) is 17.9. The van der Waals surface area contributed by atoms with Crippen LogP contribution in [0.2, 0.25) is 0 Å². The highest BCUT2D eigenvalue weighted by atomic mass is 16.3. The SMILES string of the molecule is CC(C)(C)c1ccc(-c2ccccc2)c(Nc2ccc3oc4cc5c(cc4c3c2)C(C)(C)CCC5(C)C)c1. The second-order valence-corrected chi connectivity index (χ2v) is 13.5. The first-order valence-electron chi connectivity index (χ1n) is 13.9. The normalized spacial score (nSPS) is 16.5. The summed E-state index contributed by atoms with van der Waals surface area (Å²) < 4.78 is 6.41. The van der Waals surface area contributed by atoms with E-state index in [2.05, 4.69) is 133 Å². The van der Waals surface area contributed by atoms with Gasteiger partial charge in [0.25, 0.3) is 0 Å². The molecule has 0 saturated heterocycles. The number of anilines is 2. The van der Waals surface area contributed by atoms with Crippen molar-refractivity contribution < 1.29 is 4.42 Å². The lowest BCUT2D eigenvalue weighted by atomic mass is 9.63. The largest absolute Gasteiger partial charge is 0.456 e. The summed E-state index contributed by atoms with van der Waals surface area (Å²) in [6.45, 7) is 16.3. The Morgan fingerprint density at radius 1 is 0.684 bits per heavy atom. The van der Waals surface area contributed by atoms with E-state index in [-0.39, 0.29) is 16.2 Å². The van der Waals surface area contributed by atoms with Crippen molar-refractivity contribution in [2.45, 2.75) is 77.6 Å². The van der Waals surface area contributed by atoms with Crippen LogP contribution in [0.5, 0.6) is 0 Å². The van der Waals surface area contributed by atoms with Crippen LogP contribution in [0.4, 0.5) is 11.4 Å². The minimum Gasteiger partial charge on any atom is -0.456 e. The van der Waals surface area contributed by atoms with Gasteiger partial charge in [-0.1, -0.05) is 90.9 Å². The Balaban J connectivity index is 1.48. The number of hydrogen-bond donors (Lipinski definition) is 1. The predicted molar refractivity (Wildman–Crippen MR) is 163 cm³/mol. The van der Waals surface area contributed by atoms with E-state index < -0.39 is 0 Å². The van der Waals surface area contributed by atoms with Gasteiger partial charge in [-0.3, -0.25) is 0 Å². The van der Waals surface area contributed by atoms with Crippen LogP contribution in [0.3, 0.4) is 0 Å². The number of furan rings is 1. The minimum atomic E-state index is 0.0655. The Kier molecular flexibility index (Phi) is 5.54. The van der Waals surface area contributed by atoms with E-state index in [1.165, 1.54) is 51.4 Å². The third kappa shape index (κ3) is 4.21. The number of fused-ring (bicyclic) bond motifs is 4. The van der Waals surface area contributed by atoms with Gasteiger partial charge in [0.15, 0.2) is 0 Å². The molecule has 38 heavy (non-hydrogen) atoms. The Morgan fingerprint density at radius 2 is 1.34 bits per heavy atom. The van der Waals surface area contributed by atoms with Crippen molar-refractivity contribution in [3.05, 3.63) is 95.6 Å². The van der Waals surface area contributed by atoms with Gasteiger partial charge in [0.2, 0.25) is 0 Å². The molecule has 2 heteroatoms. The molecule has 0 radical (unpaired) electrons. The van der Waals surface area contributed by atoms with Crippen molar-refractivity contribution in [3.8, 4) is 11.1 Å². The lowest BCUT2D eigenvalue weighted by Gasteiger charge is -2.41. The summed E-state index contributed by atoms with van der Waals surface area (Å²) in [7, 11) is 0. The Hall–Kier alpha value is -3.52. The summed E-state index contributed by atoms with van der Waals surface area (Å²) in [5, 5.41) is 6.16. The first kappa shape index (κ1) is 24.8. The molecule has 1 aliphatic carbocycles. The highest BCUT2D eigenvalue weighted by molar-refractivity contribution is 6.07. The van der Waals surface area contributed by atoms with E-state index in [0.29, 0.717) is 0 Å². The van der Waals surface area contributed by atoms with Crippen LogP contribution in [0, 0.1) is 0 Å². The van der Waals surface area contributed by atoms with Gasteiger partial charge in [-0.05, 0) is 87.7 Å². The van der Waals surface area contributed by atoms with Crippen LogP contribution in [-0.4, -0.2) is 0 Å². The zero-order valence-corrected chi connectivity index (χ0v) is 23.8. The fourth-order valence-electron chi connectivity index (χ4n) is 6.05. The number of nitrogens with one attached hydrogen (secondary N) is 1. The Labute approximate surface area is 227 Å². The van der Waals surface area contributed by atoms with Crippen molar-refractivity contribution in [1.82, 2.24) is 0 Å². The first-order valence-corrected chi connectivity index (χ1v) is 13.9. The molecular formula is C36H39NO. The summed E-state index contributed by atoms with van der Waals surface area (Å²) in [5.74, 6) is 0. The van der Waals surface area contributed by atoms with E-state index in [1.807, 2.05) is 0 Å². The molecule has 0 fully saturated rings. The van der Waals surface area contributed by atoms with Crippen molar-refractivity contribution in [1.29, 1.82) is 0 Å². The number of rotatable bonds is 3. The molecule has 194 valence electrons. The molecule has 0 spiro atoms. The van der Waals surface area contributed by atoms with E-state index >= 15 is 0 Å². The van der Waals surface area contributed by atoms with Crippen molar-refractivity contribution >= 4 is 33.3 Å². The maximum Gasteiger partial charge on any atom is 0.135 e. The van der Waals surface area contributed by atoms with Crippen molar-refractivity contribution in [2.75, 3.05) is 5.32 Å². The molecule has 6 rings (SSSR count). The number of hydrogen-bond acceptors (Lipinski definition) is 2. The van der Waals surface area contributed by atoms with Crippen LogP contribution in [0.1, 0.15) is 78.0 Å². The molecule has 5 aromatic rings. The van der Waals surface area contributed by atoms with Gasteiger partial charge < -0.3 is 9.73 Å². The van der Waals surface area contributed by atoms with Gasteiger partial charge in [0, 0.05) is 27.7 Å². The molecule has 4 aromatic carbocycles. The highest BCUT2D eigenvalue weighted by Gasteiger charge is 2.37. The zero-order chi connectivity index (χ0) is 26.9. The maximum absolute atomic E-state index is 6.41. The molecule has 1 N–H and O–H groups in total. The van der Waals surface area contributed by atoms with Gasteiger partial charge >= 0.3 is 0 Å². The third-order valence-electron chi connectivity index (χ3n) is 8.69. The Morgan fingerprint density at radius 3 is 2.03 bits per heavy atom. The lowest BCUT2D eigenvalue weighted by molar-refractivity contribution is 0.332. The zero-order valence-electron chi connectivity index (χ0n) is 23.8. The van der Waals surface area contributed by atoms with E-state index in [1.54, 1.807) is 0 Å². The fraction of sp³-hybridized carbons (Fsp3) is 0.333. The van der Waals surface area contributed by atoms with E-state index in [9.17, 15) is 0 Å². The van der Waals surface area contributed by atoms with Gasteiger partial charge in [0.1, 0.15) is 11.2 Å². The summed E-state index contributed by atoms with van der Waals surface area (Å²) in [6.07, 6.45) is 2.40. The average Bonchev–Trinajstić information content (AvgIpc) is 3.23. The van der Waals surface area contributed by atoms with E-state index in [0.717, 1.165) is 22.5 Å². The molecule has 0 bridgehead atoms. The second-order valence-electron chi connectivity index (χ2n) is 13.5. The third-order valence-corrected chi connectivity index (χ3v) is 8.69. The van der Waals surface area contributed by atoms with Gasteiger partial charge in [-0.15, -0.1) is 0 Å². The average molecular weight is 502 g/mol. The second kappa shape index (κ2) is 8.50. The quantitative estimate of drug-likeness (QED) is 0.266. The molecule has 0 aliphatic heterocycles. The summed E-state index contributed by atoms with van der Waals surface area (Å²) in [4.78, 5) is 0. The van der Waals surface area contributed by atoms with Crippen LogP contribution in [-0.2, 0) is 16.2 Å². The molecule has 2 nitrogen and oxygen atoms in total. The van der Waals surface area contributed by atoms with Crippen LogP contribution in [0.25, 0.3) is 33.1 Å². The summed E-state index contributed by atoms with van der Waals surface area (Å²) >= 11 is 0. The molecule has 1 heterocycles. The van der Waals surface area contributed by atoms with Crippen molar-refractivity contribution in [3.63, 3.8) is 0 Å². The van der Waals surface area contributed by atoms with Gasteiger partial charge in [-0.25, -0.2) is 0 Å². The maximum atomic E-state index is 6.41. The van der Waals surface area contributed by atoms with Gasteiger partial charge in [-0.2, -0.15) is 0 Å². The fourth-order valence-corrected chi connectivity index (χ4v) is 6.05. The van der Waals surface area contributed by atoms with Crippen LogP contribution >= 0.6 is 0 Å². The summed E-state index contributed by atoms with van der Waals surface area (Å²) in [6, 6.07) is 28.7. The van der Waals surface area contributed by atoms with Crippen LogP contribution < -0.4 is 5.32 Å². The number of benzene rings is 4. The predicted octanol–water partition coefficient (Wildman–Crippen LogP) is 10.6. The standard InChI is InChI=1S/C36H39NO/c1-34(2,3)24-13-15-26(23-11-9-8-10-12-23)31(19-24)37-25-14-16-32-27(20-25)28-21-29-30(22-33(28)38-32)36(6,7)18-17-35(29,4)5/h8-16,19-22,37H,17-18H2,1-7H3. The monoisotopic (exact) mass is 501 g/mol. The topological polar surface area (TPSA) is 25.2 Å². The smallest absolute Gasteiger partial charge is 0.135 e. The lowest BCUT2D eigenvalue weighted by Crippen LogP contribution is -2.33. The molecule has 0 saturated carbocycles. The van der Waals surface area contributed by atoms with Crippen LogP contribution in [0.15, 0.2) is 83.3 Å². The Bertz CT molecular complexity index is 1660. The van der Waals surface area contributed by atoms with E-state index in [4.69, 9.17) is 4.42 Å². The van der Waals surface area contributed by atoms with Gasteiger partial charge in [0.05, 0.1) is 0 Å².